The van der Waals surface area contributed by atoms with Crippen LogP contribution >= 0.6 is 0 Å². The van der Waals surface area contributed by atoms with Gasteiger partial charge in [0.25, 0.3) is 0 Å². The smallest absolute Gasteiger partial charge is 0.331 e. The number of ether oxygens (including phenoxy) is 2. The lowest BCUT2D eigenvalue weighted by Crippen LogP contribution is -2.08. The maximum absolute atomic E-state index is 12.4. The second-order valence-corrected chi connectivity index (χ2v) is 8.24. The summed E-state index contributed by atoms with van der Waals surface area (Å²) in [5, 5.41) is 9.24. The van der Waals surface area contributed by atoms with E-state index in [1.54, 1.807) is 36.4 Å². The Morgan fingerprint density at radius 3 is 2.41 bits per heavy atom. The highest BCUT2D eigenvalue weighted by Crippen LogP contribution is 2.31. The van der Waals surface area contributed by atoms with Crippen LogP contribution in [0.2, 0.25) is 0 Å². The van der Waals surface area contributed by atoms with E-state index in [9.17, 15) is 18.3 Å². The maximum atomic E-state index is 12.4. The van der Waals surface area contributed by atoms with E-state index in [2.05, 4.69) is 0 Å². The SMILES string of the molecule is CCCOc1ccc(Oc2ccc3c(c2)C=C(C(=O)O)CCS3(=O)=O)cc1. The fraction of sp³-hybridized carbons (Fsp3) is 0.250. The molecule has 27 heavy (non-hydrogen) atoms. The molecule has 2 aromatic rings. The van der Waals surface area contributed by atoms with Crippen molar-refractivity contribution >= 4 is 21.9 Å². The summed E-state index contributed by atoms with van der Waals surface area (Å²) >= 11 is 0. The number of carbonyl (C=O) groups is 1. The predicted octanol–water partition coefficient (Wildman–Crippen LogP) is 3.91. The molecule has 6 nitrogen and oxygen atoms in total. The predicted molar refractivity (Wildman–Crippen MR) is 101 cm³/mol. The first kappa shape index (κ1) is 19.0. The van der Waals surface area contributed by atoms with E-state index in [0.29, 0.717) is 23.7 Å². The molecule has 0 bridgehead atoms. The van der Waals surface area contributed by atoms with Gasteiger partial charge in [0, 0.05) is 5.57 Å². The number of rotatable bonds is 6. The van der Waals surface area contributed by atoms with Crippen molar-refractivity contribution in [2.24, 2.45) is 0 Å². The largest absolute Gasteiger partial charge is 0.494 e. The molecule has 0 aromatic heterocycles. The fourth-order valence-corrected chi connectivity index (χ4v) is 4.19. The summed E-state index contributed by atoms with van der Waals surface area (Å²) in [6, 6.07) is 11.7. The molecule has 2 aromatic carbocycles. The van der Waals surface area contributed by atoms with E-state index < -0.39 is 15.8 Å². The van der Waals surface area contributed by atoms with Crippen molar-refractivity contribution in [3.05, 3.63) is 53.6 Å². The number of carboxylic acid groups (broad SMARTS) is 1. The van der Waals surface area contributed by atoms with Gasteiger partial charge in [0.15, 0.2) is 9.84 Å². The van der Waals surface area contributed by atoms with Crippen molar-refractivity contribution in [1.82, 2.24) is 0 Å². The van der Waals surface area contributed by atoms with Crippen molar-refractivity contribution in [3.8, 4) is 17.2 Å². The zero-order valence-corrected chi connectivity index (χ0v) is 15.7. The van der Waals surface area contributed by atoms with Gasteiger partial charge in [0.2, 0.25) is 0 Å². The van der Waals surface area contributed by atoms with Crippen LogP contribution in [-0.2, 0) is 14.6 Å². The summed E-state index contributed by atoms with van der Waals surface area (Å²) in [7, 11) is -3.54. The molecule has 0 saturated carbocycles. The second kappa shape index (κ2) is 7.84. The molecule has 1 N–H and O–H groups in total. The molecule has 0 fully saturated rings. The first-order valence-corrected chi connectivity index (χ1v) is 10.3. The Labute approximate surface area is 158 Å². The minimum atomic E-state index is -3.54. The standard InChI is InChI=1S/C20H20O6S/c1-2-10-25-16-3-5-17(6-4-16)26-18-7-8-19-15(13-18)12-14(20(21)22)9-11-27(19,23)24/h3-8,12-13H,2,9-11H2,1H3,(H,21,22). The molecule has 0 amide bonds. The molecule has 1 aliphatic heterocycles. The van der Waals surface area contributed by atoms with Crippen LogP contribution in [0.1, 0.15) is 25.3 Å². The van der Waals surface area contributed by atoms with Gasteiger partial charge >= 0.3 is 5.97 Å². The molecule has 0 saturated heterocycles. The van der Waals surface area contributed by atoms with E-state index in [1.165, 1.54) is 12.1 Å². The summed E-state index contributed by atoms with van der Waals surface area (Å²) < 4.78 is 36.0. The molecule has 0 atom stereocenters. The van der Waals surface area contributed by atoms with Crippen LogP contribution in [0.3, 0.4) is 0 Å². The number of hydrogen-bond donors (Lipinski definition) is 1. The minimum Gasteiger partial charge on any atom is -0.494 e. The van der Waals surface area contributed by atoms with Crippen LogP contribution < -0.4 is 9.47 Å². The van der Waals surface area contributed by atoms with Crippen molar-refractivity contribution < 1.29 is 27.8 Å². The lowest BCUT2D eigenvalue weighted by atomic mass is 10.1. The Bertz CT molecular complexity index is 974. The highest BCUT2D eigenvalue weighted by molar-refractivity contribution is 7.91. The first-order chi connectivity index (χ1) is 12.9. The summed E-state index contributed by atoms with van der Waals surface area (Å²) in [5.74, 6) is 0.391. The molecule has 0 spiro atoms. The van der Waals surface area contributed by atoms with E-state index in [-0.39, 0.29) is 22.6 Å². The Hall–Kier alpha value is -2.80. The lowest BCUT2D eigenvalue weighted by Gasteiger charge is -2.10. The normalized spacial score (nSPS) is 15.2. The van der Waals surface area contributed by atoms with Crippen LogP contribution in [-0.4, -0.2) is 31.9 Å². The average Bonchev–Trinajstić information content (AvgIpc) is 2.77. The molecule has 3 rings (SSSR count). The number of carboxylic acids is 1. The highest BCUT2D eigenvalue weighted by Gasteiger charge is 2.24. The third kappa shape index (κ3) is 4.49. The monoisotopic (exact) mass is 388 g/mol. The van der Waals surface area contributed by atoms with Crippen LogP contribution in [0.4, 0.5) is 0 Å². The fourth-order valence-electron chi connectivity index (χ4n) is 2.73. The second-order valence-electron chi connectivity index (χ2n) is 6.17. The highest BCUT2D eigenvalue weighted by atomic mass is 32.2. The van der Waals surface area contributed by atoms with Gasteiger partial charge in [-0.2, -0.15) is 0 Å². The number of aliphatic carboxylic acids is 1. The van der Waals surface area contributed by atoms with E-state index >= 15 is 0 Å². The molecular formula is C20H20O6S. The van der Waals surface area contributed by atoms with Gasteiger partial charge in [-0.3, -0.25) is 0 Å². The van der Waals surface area contributed by atoms with E-state index in [0.717, 1.165) is 12.2 Å². The van der Waals surface area contributed by atoms with Crippen LogP contribution in [0.5, 0.6) is 17.2 Å². The molecule has 1 aliphatic rings. The van der Waals surface area contributed by atoms with E-state index in [4.69, 9.17) is 9.47 Å². The van der Waals surface area contributed by atoms with Crippen LogP contribution in [0.15, 0.2) is 52.9 Å². The van der Waals surface area contributed by atoms with Gasteiger partial charge in [-0.05, 0) is 66.9 Å². The topological polar surface area (TPSA) is 89.9 Å². The van der Waals surface area contributed by atoms with Gasteiger partial charge in [-0.15, -0.1) is 0 Å². The lowest BCUT2D eigenvalue weighted by molar-refractivity contribution is -0.132. The number of sulfone groups is 1. The molecule has 142 valence electrons. The van der Waals surface area contributed by atoms with Crippen molar-refractivity contribution in [3.63, 3.8) is 0 Å². The minimum absolute atomic E-state index is 0.0260. The van der Waals surface area contributed by atoms with Gasteiger partial charge in [0.1, 0.15) is 17.2 Å². The first-order valence-electron chi connectivity index (χ1n) is 8.60. The van der Waals surface area contributed by atoms with Crippen molar-refractivity contribution in [1.29, 1.82) is 0 Å². The summed E-state index contributed by atoms with van der Waals surface area (Å²) in [6.07, 6.45) is 2.29. The van der Waals surface area contributed by atoms with Crippen molar-refractivity contribution in [2.45, 2.75) is 24.7 Å². The summed E-state index contributed by atoms with van der Waals surface area (Å²) in [5.41, 5.74) is 0.386. The zero-order valence-electron chi connectivity index (χ0n) is 14.8. The van der Waals surface area contributed by atoms with Gasteiger partial charge in [-0.25, -0.2) is 13.2 Å². The van der Waals surface area contributed by atoms with Crippen molar-refractivity contribution in [2.75, 3.05) is 12.4 Å². The number of fused-ring (bicyclic) bond motifs is 1. The summed E-state index contributed by atoms with van der Waals surface area (Å²) in [4.78, 5) is 11.4. The maximum Gasteiger partial charge on any atom is 0.331 e. The molecule has 0 aliphatic carbocycles. The average molecular weight is 388 g/mol. The van der Waals surface area contributed by atoms with Gasteiger partial charge in [-0.1, -0.05) is 6.92 Å². The van der Waals surface area contributed by atoms with Crippen LogP contribution in [0, 0.1) is 0 Å². The zero-order chi connectivity index (χ0) is 19.4. The summed E-state index contributed by atoms with van der Waals surface area (Å²) in [6.45, 7) is 2.66. The Morgan fingerprint density at radius 2 is 1.74 bits per heavy atom. The van der Waals surface area contributed by atoms with Gasteiger partial charge < -0.3 is 14.6 Å². The number of benzene rings is 2. The Kier molecular flexibility index (Phi) is 5.51. The van der Waals surface area contributed by atoms with E-state index in [1.807, 2.05) is 6.92 Å². The van der Waals surface area contributed by atoms with Crippen LogP contribution in [0.25, 0.3) is 6.08 Å². The molecular weight excluding hydrogens is 368 g/mol. The quantitative estimate of drug-likeness (QED) is 0.807. The molecule has 0 radical (unpaired) electrons. The molecule has 1 heterocycles. The van der Waals surface area contributed by atoms with Gasteiger partial charge in [0.05, 0.1) is 17.3 Å². The Morgan fingerprint density at radius 1 is 1.07 bits per heavy atom. The third-order valence-corrected chi connectivity index (χ3v) is 5.88. The third-order valence-electron chi connectivity index (χ3n) is 4.09. The number of hydrogen-bond acceptors (Lipinski definition) is 5. The molecule has 7 heteroatoms. The Balaban J connectivity index is 1.88. The molecule has 0 unspecified atom stereocenters.